The SMILES string of the molecule is COc1ccc([C@@H](C)NC(=O)C(=O)Nc2ccc(Cl)cc2)c(OC)c1. The van der Waals surface area contributed by atoms with Gasteiger partial charge in [-0.05, 0) is 43.3 Å². The van der Waals surface area contributed by atoms with Crippen LogP contribution < -0.4 is 20.1 Å². The van der Waals surface area contributed by atoms with E-state index in [1.807, 2.05) is 0 Å². The number of carbonyl (C=O) groups excluding carboxylic acids is 2. The van der Waals surface area contributed by atoms with Crippen molar-refractivity contribution in [3.63, 3.8) is 0 Å². The van der Waals surface area contributed by atoms with E-state index in [9.17, 15) is 9.59 Å². The number of carbonyl (C=O) groups is 2. The zero-order valence-corrected chi connectivity index (χ0v) is 14.9. The number of nitrogens with one attached hydrogen (secondary N) is 2. The molecule has 25 heavy (non-hydrogen) atoms. The largest absolute Gasteiger partial charge is 0.497 e. The van der Waals surface area contributed by atoms with Crippen LogP contribution in [0.2, 0.25) is 5.02 Å². The normalized spacial score (nSPS) is 11.4. The molecule has 7 heteroatoms. The van der Waals surface area contributed by atoms with Crippen LogP contribution in [0.4, 0.5) is 5.69 Å². The van der Waals surface area contributed by atoms with E-state index in [4.69, 9.17) is 21.1 Å². The van der Waals surface area contributed by atoms with Crippen molar-refractivity contribution in [3.05, 3.63) is 53.1 Å². The van der Waals surface area contributed by atoms with Crippen LogP contribution in [0.15, 0.2) is 42.5 Å². The number of benzene rings is 2. The molecule has 2 rings (SSSR count). The number of rotatable bonds is 5. The molecule has 6 nitrogen and oxygen atoms in total. The van der Waals surface area contributed by atoms with Gasteiger partial charge in [0.15, 0.2) is 0 Å². The maximum atomic E-state index is 12.1. The van der Waals surface area contributed by atoms with E-state index < -0.39 is 17.9 Å². The van der Waals surface area contributed by atoms with Crippen molar-refractivity contribution in [2.75, 3.05) is 19.5 Å². The lowest BCUT2D eigenvalue weighted by Gasteiger charge is -2.18. The predicted octanol–water partition coefficient (Wildman–Crippen LogP) is 3.17. The highest BCUT2D eigenvalue weighted by Crippen LogP contribution is 2.29. The van der Waals surface area contributed by atoms with Gasteiger partial charge in [-0.2, -0.15) is 0 Å². The van der Waals surface area contributed by atoms with E-state index in [1.165, 1.54) is 7.11 Å². The topological polar surface area (TPSA) is 76.7 Å². The lowest BCUT2D eigenvalue weighted by atomic mass is 10.1. The molecule has 2 aromatic carbocycles. The number of ether oxygens (including phenoxy) is 2. The Bertz CT molecular complexity index is 762. The summed E-state index contributed by atoms with van der Waals surface area (Å²) in [5, 5.41) is 5.70. The van der Waals surface area contributed by atoms with Gasteiger partial charge in [-0.1, -0.05) is 11.6 Å². The average molecular weight is 363 g/mol. The molecular formula is C18H19ClN2O4. The Morgan fingerprint density at radius 1 is 1.00 bits per heavy atom. The number of hydrogen-bond donors (Lipinski definition) is 2. The predicted molar refractivity (Wildman–Crippen MR) is 96.2 cm³/mol. The summed E-state index contributed by atoms with van der Waals surface area (Å²) in [7, 11) is 3.08. The Labute approximate surface area is 151 Å². The van der Waals surface area contributed by atoms with E-state index in [0.717, 1.165) is 5.56 Å². The molecule has 0 radical (unpaired) electrons. The minimum absolute atomic E-state index is 0.427. The van der Waals surface area contributed by atoms with Crippen molar-refractivity contribution < 1.29 is 19.1 Å². The first-order chi connectivity index (χ1) is 11.9. The maximum absolute atomic E-state index is 12.1. The maximum Gasteiger partial charge on any atom is 0.313 e. The second-order valence-corrected chi connectivity index (χ2v) is 5.70. The summed E-state index contributed by atoms with van der Waals surface area (Å²) in [6.07, 6.45) is 0. The Morgan fingerprint density at radius 2 is 1.68 bits per heavy atom. The summed E-state index contributed by atoms with van der Waals surface area (Å²) >= 11 is 5.78. The summed E-state index contributed by atoms with van der Waals surface area (Å²) in [5.74, 6) is -0.313. The first kappa shape index (κ1) is 18.6. The van der Waals surface area contributed by atoms with Crippen LogP contribution in [-0.4, -0.2) is 26.0 Å². The highest BCUT2D eigenvalue weighted by molar-refractivity contribution is 6.39. The van der Waals surface area contributed by atoms with Crippen molar-refractivity contribution in [3.8, 4) is 11.5 Å². The molecule has 2 aromatic rings. The molecule has 0 saturated heterocycles. The standard InChI is InChI=1S/C18H19ClN2O4/c1-11(15-9-8-14(24-2)10-16(15)25-3)20-17(22)18(23)21-13-6-4-12(19)5-7-13/h4-11H,1-3H3,(H,20,22)(H,21,23)/t11-/m1/s1. The van der Waals surface area contributed by atoms with Crippen LogP contribution in [0.5, 0.6) is 11.5 Å². The van der Waals surface area contributed by atoms with Crippen LogP contribution in [-0.2, 0) is 9.59 Å². The van der Waals surface area contributed by atoms with Gasteiger partial charge >= 0.3 is 11.8 Å². The van der Waals surface area contributed by atoms with Crippen molar-refractivity contribution >= 4 is 29.1 Å². The molecule has 132 valence electrons. The highest BCUT2D eigenvalue weighted by atomic mass is 35.5. The molecular weight excluding hydrogens is 344 g/mol. The summed E-state index contributed by atoms with van der Waals surface area (Å²) < 4.78 is 10.5. The third-order valence-corrected chi connectivity index (χ3v) is 3.82. The Kier molecular flexibility index (Phi) is 6.25. The molecule has 0 heterocycles. The van der Waals surface area contributed by atoms with Gasteiger partial charge in [-0.25, -0.2) is 0 Å². The van der Waals surface area contributed by atoms with Gasteiger partial charge < -0.3 is 20.1 Å². The molecule has 0 aliphatic carbocycles. The van der Waals surface area contributed by atoms with Crippen molar-refractivity contribution in [2.45, 2.75) is 13.0 Å². The zero-order chi connectivity index (χ0) is 18.4. The zero-order valence-electron chi connectivity index (χ0n) is 14.1. The molecule has 0 bridgehead atoms. The number of methoxy groups -OCH3 is 2. The third-order valence-electron chi connectivity index (χ3n) is 3.56. The van der Waals surface area contributed by atoms with Gasteiger partial charge in [-0.3, -0.25) is 9.59 Å². The van der Waals surface area contributed by atoms with Crippen LogP contribution in [0, 0.1) is 0 Å². The van der Waals surface area contributed by atoms with E-state index in [1.54, 1.807) is 56.5 Å². The molecule has 0 fully saturated rings. The molecule has 0 saturated carbocycles. The van der Waals surface area contributed by atoms with Gasteiger partial charge in [0.25, 0.3) is 0 Å². The highest BCUT2D eigenvalue weighted by Gasteiger charge is 2.19. The molecule has 0 aromatic heterocycles. The summed E-state index contributed by atoms with van der Waals surface area (Å²) in [6, 6.07) is 11.3. The molecule has 2 N–H and O–H groups in total. The van der Waals surface area contributed by atoms with E-state index in [0.29, 0.717) is 22.2 Å². The summed E-state index contributed by atoms with van der Waals surface area (Å²) in [5.41, 5.74) is 1.22. The van der Waals surface area contributed by atoms with Crippen LogP contribution >= 0.6 is 11.6 Å². The molecule has 0 aliphatic heterocycles. The van der Waals surface area contributed by atoms with Crippen molar-refractivity contribution in [2.24, 2.45) is 0 Å². The van der Waals surface area contributed by atoms with E-state index in [-0.39, 0.29) is 0 Å². The summed E-state index contributed by atoms with van der Waals surface area (Å²) in [6.45, 7) is 1.76. The fourth-order valence-corrected chi connectivity index (χ4v) is 2.36. The van der Waals surface area contributed by atoms with Gasteiger partial charge in [0.1, 0.15) is 11.5 Å². The van der Waals surface area contributed by atoms with Gasteiger partial charge in [0.05, 0.1) is 20.3 Å². The number of anilines is 1. The Balaban J connectivity index is 2.04. The third kappa shape index (κ3) is 4.87. The van der Waals surface area contributed by atoms with Crippen LogP contribution in [0.3, 0.4) is 0 Å². The summed E-state index contributed by atoms with van der Waals surface area (Å²) in [4.78, 5) is 24.1. The smallest absolute Gasteiger partial charge is 0.313 e. The fourth-order valence-electron chi connectivity index (χ4n) is 2.24. The first-order valence-electron chi connectivity index (χ1n) is 7.54. The van der Waals surface area contributed by atoms with Gasteiger partial charge in [0.2, 0.25) is 0 Å². The molecule has 0 unspecified atom stereocenters. The van der Waals surface area contributed by atoms with Crippen molar-refractivity contribution in [1.29, 1.82) is 0 Å². The second-order valence-electron chi connectivity index (χ2n) is 5.26. The van der Waals surface area contributed by atoms with Gasteiger partial charge in [0, 0.05) is 22.3 Å². The quantitative estimate of drug-likeness (QED) is 0.801. The molecule has 0 aliphatic rings. The molecule has 1 atom stereocenters. The monoisotopic (exact) mass is 362 g/mol. The van der Waals surface area contributed by atoms with E-state index >= 15 is 0 Å². The number of amides is 2. The second kappa shape index (κ2) is 8.39. The molecule has 2 amide bonds. The Hall–Kier alpha value is -2.73. The van der Waals surface area contributed by atoms with E-state index in [2.05, 4.69) is 10.6 Å². The lowest BCUT2D eigenvalue weighted by Crippen LogP contribution is -2.37. The average Bonchev–Trinajstić information content (AvgIpc) is 2.62. The minimum atomic E-state index is -0.762. The first-order valence-corrected chi connectivity index (χ1v) is 7.91. The van der Waals surface area contributed by atoms with Crippen molar-refractivity contribution in [1.82, 2.24) is 5.32 Å². The number of halogens is 1. The minimum Gasteiger partial charge on any atom is -0.497 e. The van der Waals surface area contributed by atoms with Crippen LogP contribution in [0.1, 0.15) is 18.5 Å². The Morgan fingerprint density at radius 3 is 2.28 bits per heavy atom. The van der Waals surface area contributed by atoms with Crippen LogP contribution in [0.25, 0.3) is 0 Å². The lowest BCUT2D eigenvalue weighted by molar-refractivity contribution is -0.136. The fraction of sp³-hybridized carbons (Fsp3) is 0.222. The van der Waals surface area contributed by atoms with Gasteiger partial charge in [-0.15, -0.1) is 0 Å². The number of hydrogen-bond acceptors (Lipinski definition) is 4. The molecule has 0 spiro atoms.